The summed E-state index contributed by atoms with van der Waals surface area (Å²) in [7, 11) is -3.82. The molecule has 0 bridgehead atoms. The molecule has 0 aliphatic carbocycles. The van der Waals surface area contributed by atoms with E-state index in [0.29, 0.717) is 20.4 Å². The van der Waals surface area contributed by atoms with Crippen molar-refractivity contribution < 1.29 is 18.3 Å². The van der Waals surface area contributed by atoms with Crippen molar-refractivity contribution in [3.63, 3.8) is 0 Å². The van der Waals surface area contributed by atoms with Gasteiger partial charge in [-0.3, -0.25) is 4.79 Å². The van der Waals surface area contributed by atoms with Crippen LogP contribution in [0.3, 0.4) is 0 Å². The zero-order chi connectivity index (χ0) is 14.4. The molecule has 1 aromatic heterocycles. The smallest absolute Gasteiger partial charge is 0.324 e. The van der Waals surface area contributed by atoms with Gasteiger partial charge in [-0.05, 0) is 57.7 Å². The van der Waals surface area contributed by atoms with E-state index >= 15 is 0 Å². The van der Waals surface area contributed by atoms with E-state index < -0.39 is 21.5 Å². The highest BCUT2D eigenvalue weighted by Gasteiger charge is 2.50. The van der Waals surface area contributed by atoms with Crippen molar-refractivity contribution in [3.8, 4) is 0 Å². The predicted octanol–water partition coefficient (Wildman–Crippen LogP) is 2.90. The van der Waals surface area contributed by atoms with Crippen LogP contribution >= 0.6 is 43.2 Å². The summed E-state index contributed by atoms with van der Waals surface area (Å²) in [5.74, 6) is -1.11. The Kier molecular flexibility index (Phi) is 4.14. The van der Waals surface area contributed by atoms with Gasteiger partial charge in [-0.1, -0.05) is 0 Å². The highest BCUT2D eigenvalue weighted by Crippen LogP contribution is 2.40. The van der Waals surface area contributed by atoms with E-state index in [1.54, 1.807) is 0 Å². The second kappa shape index (κ2) is 5.10. The lowest BCUT2D eigenvalue weighted by molar-refractivity contribution is -0.146. The first-order valence-electron chi connectivity index (χ1n) is 5.40. The number of carboxylic acid groups (broad SMARTS) is 1. The molecule has 0 radical (unpaired) electrons. The summed E-state index contributed by atoms with van der Waals surface area (Å²) in [5, 5.41) is 9.30. The number of hydrogen-bond acceptors (Lipinski definition) is 4. The summed E-state index contributed by atoms with van der Waals surface area (Å²) in [6.45, 7) is 1.68. The molecule has 0 amide bonds. The third kappa shape index (κ3) is 2.51. The fraction of sp³-hybridized carbons (Fsp3) is 0.500. The Morgan fingerprint density at radius 2 is 2.16 bits per heavy atom. The Balaban J connectivity index is 2.51. The van der Waals surface area contributed by atoms with Gasteiger partial charge in [-0.25, -0.2) is 8.42 Å². The molecule has 1 fully saturated rings. The Morgan fingerprint density at radius 1 is 1.53 bits per heavy atom. The highest BCUT2D eigenvalue weighted by molar-refractivity contribution is 9.12. The van der Waals surface area contributed by atoms with Crippen LogP contribution < -0.4 is 0 Å². The molecule has 1 N–H and O–H groups in total. The van der Waals surface area contributed by atoms with Crippen molar-refractivity contribution in [2.75, 3.05) is 6.54 Å². The maximum Gasteiger partial charge on any atom is 0.324 e. The van der Waals surface area contributed by atoms with Crippen molar-refractivity contribution in [3.05, 3.63) is 13.6 Å². The van der Waals surface area contributed by atoms with Gasteiger partial charge in [-0.15, -0.1) is 11.3 Å². The molecule has 9 heteroatoms. The van der Waals surface area contributed by atoms with Crippen LogP contribution in [0.2, 0.25) is 0 Å². The maximum atomic E-state index is 12.6. The fourth-order valence-corrected chi connectivity index (χ4v) is 7.73. The van der Waals surface area contributed by atoms with E-state index in [1.165, 1.54) is 24.3 Å². The summed E-state index contributed by atoms with van der Waals surface area (Å²) in [4.78, 5) is 11.5. The van der Waals surface area contributed by atoms with Gasteiger partial charge in [0.05, 0.1) is 7.57 Å². The Morgan fingerprint density at radius 3 is 2.63 bits per heavy atom. The molecule has 1 aliphatic rings. The van der Waals surface area contributed by atoms with Gasteiger partial charge in [0.2, 0.25) is 10.0 Å². The molecule has 5 nitrogen and oxygen atoms in total. The molecule has 1 aromatic rings. The first-order valence-corrected chi connectivity index (χ1v) is 9.25. The standard InChI is InChI=1S/C10H11Br2NO4S2/c1-10(9(14)15)3-2-4-13(10)19(16,17)6-5-7(11)18-8(6)12/h5H,2-4H2,1H3,(H,14,15). The summed E-state index contributed by atoms with van der Waals surface area (Å²) < 4.78 is 27.4. The largest absolute Gasteiger partial charge is 0.480 e. The molecule has 1 aliphatic heterocycles. The molecule has 2 heterocycles. The summed E-state index contributed by atoms with van der Waals surface area (Å²) in [6, 6.07) is 1.49. The normalized spacial score (nSPS) is 24.8. The van der Waals surface area contributed by atoms with Crippen molar-refractivity contribution in [1.82, 2.24) is 4.31 Å². The van der Waals surface area contributed by atoms with Crippen LogP contribution in [0, 0.1) is 0 Å². The van der Waals surface area contributed by atoms with Crippen molar-refractivity contribution >= 4 is 59.2 Å². The quantitative estimate of drug-likeness (QED) is 0.796. The fourth-order valence-electron chi connectivity index (χ4n) is 2.16. The molecular formula is C10H11Br2NO4S2. The number of aliphatic carboxylic acids is 1. The zero-order valence-electron chi connectivity index (χ0n) is 9.89. The van der Waals surface area contributed by atoms with Gasteiger partial charge in [0.15, 0.2) is 0 Å². The second-order valence-corrected chi connectivity index (χ2v) is 10.0. The molecule has 19 heavy (non-hydrogen) atoms. The molecule has 106 valence electrons. The van der Waals surface area contributed by atoms with Crippen LogP contribution in [-0.4, -0.2) is 35.9 Å². The van der Waals surface area contributed by atoms with Gasteiger partial charge in [0.1, 0.15) is 10.4 Å². The lowest BCUT2D eigenvalue weighted by Gasteiger charge is -2.29. The first-order chi connectivity index (χ1) is 8.69. The minimum absolute atomic E-state index is 0.110. The molecule has 2 rings (SSSR count). The van der Waals surface area contributed by atoms with Crippen molar-refractivity contribution in [2.45, 2.75) is 30.2 Å². The van der Waals surface area contributed by atoms with E-state index in [9.17, 15) is 18.3 Å². The highest BCUT2D eigenvalue weighted by atomic mass is 79.9. The van der Waals surface area contributed by atoms with Crippen LogP contribution in [0.15, 0.2) is 18.5 Å². The van der Waals surface area contributed by atoms with E-state index in [2.05, 4.69) is 31.9 Å². The van der Waals surface area contributed by atoms with E-state index in [-0.39, 0.29) is 11.4 Å². The number of hydrogen-bond donors (Lipinski definition) is 1. The minimum atomic E-state index is -3.82. The number of nitrogens with zero attached hydrogens (tertiary/aromatic N) is 1. The number of halogens is 2. The van der Waals surface area contributed by atoms with Crippen LogP contribution in [0.1, 0.15) is 19.8 Å². The third-order valence-electron chi connectivity index (χ3n) is 3.23. The number of carboxylic acids is 1. The predicted molar refractivity (Wildman–Crippen MR) is 78.9 cm³/mol. The average Bonchev–Trinajstić information content (AvgIpc) is 2.83. The lowest BCUT2D eigenvalue weighted by atomic mass is 10.0. The number of thiophene rings is 1. The van der Waals surface area contributed by atoms with Crippen LogP contribution in [-0.2, 0) is 14.8 Å². The van der Waals surface area contributed by atoms with Crippen molar-refractivity contribution in [1.29, 1.82) is 0 Å². The summed E-state index contributed by atoms with van der Waals surface area (Å²) >= 11 is 7.68. The van der Waals surface area contributed by atoms with Crippen LogP contribution in [0.25, 0.3) is 0 Å². The molecule has 0 saturated carbocycles. The molecule has 0 aromatic carbocycles. The van der Waals surface area contributed by atoms with Crippen molar-refractivity contribution in [2.24, 2.45) is 0 Å². The Bertz CT molecular complexity index is 627. The van der Waals surface area contributed by atoms with Gasteiger partial charge < -0.3 is 5.11 Å². The van der Waals surface area contributed by atoms with Gasteiger partial charge >= 0.3 is 5.97 Å². The molecule has 0 spiro atoms. The second-order valence-electron chi connectivity index (χ2n) is 4.45. The van der Waals surface area contributed by atoms with E-state index in [1.807, 2.05) is 0 Å². The summed E-state index contributed by atoms with van der Waals surface area (Å²) in [6.07, 6.45) is 0.870. The van der Waals surface area contributed by atoms with Gasteiger partial charge in [-0.2, -0.15) is 4.31 Å². The molecular weight excluding hydrogens is 422 g/mol. The number of sulfonamides is 1. The molecule has 1 atom stereocenters. The number of carbonyl (C=O) groups is 1. The number of rotatable bonds is 3. The molecule has 1 unspecified atom stereocenters. The van der Waals surface area contributed by atoms with E-state index in [4.69, 9.17) is 0 Å². The van der Waals surface area contributed by atoms with E-state index in [0.717, 1.165) is 4.31 Å². The monoisotopic (exact) mass is 431 g/mol. The summed E-state index contributed by atoms with van der Waals surface area (Å²) in [5.41, 5.74) is -1.37. The van der Waals surface area contributed by atoms with Gasteiger partial charge in [0.25, 0.3) is 0 Å². The Hall–Kier alpha value is 0.0400. The molecule has 1 saturated heterocycles. The first kappa shape index (κ1) is 15.4. The van der Waals surface area contributed by atoms with Crippen LogP contribution in [0.5, 0.6) is 0 Å². The lowest BCUT2D eigenvalue weighted by Crippen LogP contribution is -2.50. The zero-order valence-corrected chi connectivity index (χ0v) is 14.7. The minimum Gasteiger partial charge on any atom is -0.480 e. The van der Waals surface area contributed by atoms with Crippen LogP contribution in [0.4, 0.5) is 0 Å². The topological polar surface area (TPSA) is 74.7 Å². The average molecular weight is 433 g/mol. The van der Waals surface area contributed by atoms with Gasteiger partial charge in [0, 0.05) is 6.54 Å². The SMILES string of the molecule is CC1(C(=O)O)CCCN1S(=O)(=O)c1cc(Br)sc1Br. The third-order valence-corrected chi connectivity index (χ3v) is 8.00. The Labute approximate surface area is 131 Å². The maximum absolute atomic E-state index is 12.6.